The SMILES string of the molecule is CCNC(=NCc1ccccc1OCC(F)(F)F)N(C)CCC1CCOCC1.I. The second-order valence-corrected chi connectivity index (χ2v) is 6.95. The van der Waals surface area contributed by atoms with Crippen LogP contribution in [0.5, 0.6) is 5.75 Å². The Hall–Kier alpha value is -1.23. The highest BCUT2D eigenvalue weighted by molar-refractivity contribution is 14.0. The van der Waals surface area contributed by atoms with Crippen molar-refractivity contribution in [2.24, 2.45) is 10.9 Å². The van der Waals surface area contributed by atoms with E-state index in [-0.39, 0.29) is 36.3 Å². The molecule has 1 aromatic carbocycles. The maximum atomic E-state index is 12.5. The van der Waals surface area contributed by atoms with Crippen molar-refractivity contribution in [2.45, 2.75) is 38.9 Å². The maximum absolute atomic E-state index is 12.5. The number of benzene rings is 1. The summed E-state index contributed by atoms with van der Waals surface area (Å²) in [7, 11) is 1.98. The van der Waals surface area contributed by atoms with E-state index in [0.717, 1.165) is 45.0 Å². The molecule has 0 saturated carbocycles. The second-order valence-electron chi connectivity index (χ2n) is 6.95. The highest BCUT2D eigenvalue weighted by Crippen LogP contribution is 2.23. The van der Waals surface area contributed by atoms with Crippen LogP contribution in [0, 0.1) is 5.92 Å². The molecule has 0 amide bonds. The molecule has 0 aliphatic carbocycles. The summed E-state index contributed by atoms with van der Waals surface area (Å²) in [6.07, 6.45) is -1.12. The van der Waals surface area contributed by atoms with Gasteiger partial charge in [0.2, 0.25) is 0 Å². The molecule has 1 N–H and O–H groups in total. The van der Waals surface area contributed by atoms with Crippen molar-refractivity contribution in [3.8, 4) is 5.75 Å². The highest BCUT2D eigenvalue weighted by Gasteiger charge is 2.28. The lowest BCUT2D eigenvalue weighted by Crippen LogP contribution is -2.40. The van der Waals surface area contributed by atoms with E-state index in [0.29, 0.717) is 18.0 Å². The number of guanidine groups is 1. The second kappa shape index (κ2) is 13.1. The molecule has 1 saturated heterocycles. The van der Waals surface area contributed by atoms with E-state index in [4.69, 9.17) is 9.47 Å². The van der Waals surface area contributed by atoms with Crippen LogP contribution in [-0.2, 0) is 11.3 Å². The van der Waals surface area contributed by atoms with Crippen LogP contribution in [0.1, 0.15) is 31.7 Å². The Morgan fingerprint density at radius 3 is 2.62 bits per heavy atom. The molecule has 1 aliphatic rings. The molecule has 29 heavy (non-hydrogen) atoms. The number of ether oxygens (including phenoxy) is 2. The monoisotopic (exact) mass is 529 g/mol. The zero-order valence-electron chi connectivity index (χ0n) is 17.0. The Bertz CT molecular complexity index is 623. The fraction of sp³-hybridized carbons (Fsp3) is 0.650. The first-order valence-electron chi connectivity index (χ1n) is 9.73. The minimum absolute atomic E-state index is 0. The van der Waals surface area contributed by atoms with Crippen molar-refractivity contribution < 1.29 is 22.6 Å². The van der Waals surface area contributed by atoms with Gasteiger partial charge in [-0.2, -0.15) is 13.2 Å². The smallest absolute Gasteiger partial charge is 0.422 e. The quantitative estimate of drug-likeness (QED) is 0.307. The Morgan fingerprint density at radius 1 is 1.28 bits per heavy atom. The number of halogens is 4. The van der Waals surface area contributed by atoms with Crippen LogP contribution in [-0.4, -0.2) is 57.0 Å². The number of alkyl halides is 3. The predicted octanol–water partition coefficient (Wildman–Crippen LogP) is 4.46. The molecule has 9 heteroatoms. The molecule has 1 heterocycles. The normalized spacial score (nSPS) is 15.6. The molecule has 1 fully saturated rings. The van der Waals surface area contributed by atoms with E-state index < -0.39 is 12.8 Å². The Morgan fingerprint density at radius 2 is 1.97 bits per heavy atom. The molecule has 0 bridgehead atoms. The van der Waals surface area contributed by atoms with E-state index in [1.807, 2.05) is 14.0 Å². The van der Waals surface area contributed by atoms with Crippen LogP contribution in [0.25, 0.3) is 0 Å². The van der Waals surface area contributed by atoms with Gasteiger partial charge in [0.1, 0.15) is 5.75 Å². The largest absolute Gasteiger partial charge is 0.484 e. The Labute approximate surface area is 188 Å². The summed E-state index contributed by atoms with van der Waals surface area (Å²) >= 11 is 0. The fourth-order valence-corrected chi connectivity index (χ4v) is 3.08. The van der Waals surface area contributed by atoms with Gasteiger partial charge in [-0.1, -0.05) is 18.2 Å². The summed E-state index contributed by atoms with van der Waals surface area (Å²) in [5.41, 5.74) is 0.625. The van der Waals surface area contributed by atoms with E-state index in [2.05, 4.69) is 15.2 Å². The predicted molar refractivity (Wildman–Crippen MR) is 119 cm³/mol. The first kappa shape index (κ1) is 25.8. The average Bonchev–Trinajstić information content (AvgIpc) is 2.68. The molecule has 0 radical (unpaired) electrons. The number of rotatable bonds is 8. The molecule has 5 nitrogen and oxygen atoms in total. The van der Waals surface area contributed by atoms with Crippen molar-refractivity contribution in [2.75, 3.05) is 40.0 Å². The van der Waals surface area contributed by atoms with Crippen molar-refractivity contribution >= 4 is 29.9 Å². The molecule has 1 aliphatic heterocycles. The van der Waals surface area contributed by atoms with Crippen molar-refractivity contribution in [1.82, 2.24) is 10.2 Å². The third-order valence-electron chi connectivity index (χ3n) is 4.67. The van der Waals surface area contributed by atoms with Crippen LogP contribution >= 0.6 is 24.0 Å². The lowest BCUT2D eigenvalue weighted by Gasteiger charge is -2.27. The van der Waals surface area contributed by atoms with Crippen molar-refractivity contribution in [3.63, 3.8) is 0 Å². The summed E-state index contributed by atoms with van der Waals surface area (Å²) in [5.74, 6) is 1.61. The molecule has 1 aromatic rings. The van der Waals surface area contributed by atoms with Gasteiger partial charge in [-0.15, -0.1) is 24.0 Å². The zero-order chi connectivity index (χ0) is 20.4. The maximum Gasteiger partial charge on any atom is 0.422 e. The molecule has 0 spiro atoms. The van der Waals surface area contributed by atoms with Crippen molar-refractivity contribution in [3.05, 3.63) is 29.8 Å². The summed E-state index contributed by atoms with van der Waals surface area (Å²) in [5, 5.41) is 3.25. The molecular formula is C20H31F3IN3O2. The third-order valence-corrected chi connectivity index (χ3v) is 4.67. The highest BCUT2D eigenvalue weighted by atomic mass is 127. The van der Waals surface area contributed by atoms with Crippen LogP contribution in [0.4, 0.5) is 13.2 Å². The summed E-state index contributed by atoms with van der Waals surface area (Å²) in [4.78, 5) is 6.67. The first-order chi connectivity index (χ1) is 13.4. The minimum atomic E-state index is -4.37. The van der Waals surface area contributed by atoms with Gasteiger partial charge in [-0.3, -0.25) is 0 Å². The van der Waals surface area contributed by atoms with Gasteiger partial charge in [0, 0.05) is 38.9 Å². The zero-order valence-corrected chi connectivity index (χ0v) is 19.3. The standard InChI is InChI=1S/C20H30F3N3O2.HI/c1-3-24-19(26(2)11-8-16-9-12-27-13-10-16)25-14-17-6-4-5-7-18(17)28-15-20(21,22)23;/h4-7,16H,3,8-15H2,1-2H3,(H,24,25);1H. The van der Waals surface area contributed by atoms with Gasteiger partial charge in [0.25, 0.3) is 0 Å². The van der Waals surface area contributed by atoms with Crippen LogP contribution in [0.15, 0.2) is 29.3 Å². The molecule has 0 unspecified atom stereocenters. The molecule has 166 valence electrons. The van der Waals surface area contributed by atoms with Crippen LogP contribution in [0.3, 0.4) is 0 Å². The van der Waals surface area contributed by atoms with Gasteiger partial charge < -0.3 is 19.7 Å². The Balaban J connectivity index is 0.00000420. The molecule has 2 rings (SSSR count). The van der Waals surface area contributed by atoms with Gasteiger partial charge in [-0.05, 0) is 38.2 Å². The fourth-order valence-electron chi connectivity index (χ4n) is 3.08. The van der Waals surface area contributed by atoms with E-state index in [1.165, 1.54) is 0 Å². The van der Waals surface area contributed by atoms with Gasteiger partial charge in [0.15, 0.2) is 12.6 Å². The van der Waals surface area contributed by atoms with E-state index >= 15 is 0 Å². The number of hydrogen-bond acceptors (Lipinski definition) is 3. The van der Waals surface area contributed by atoms with E-state index in [9.17, 15) is 13.2 Å². The molecule has 0 atom stereocenters. The summed E-state index contributed by atoms with van der Waals surface area (Å²) in [6, 6.07) is 6.70. The van der Waals surface area contributed by atoms with Crippen molar-refractivity contribution in [1.29, 1.82) is 0 Å². The summed E-state index contributed by atoms with van der Waals surface area (Å²) < 4.78 is 47.7. The lowest BCUT2D eigenvalue weighted by atomic mass is 9.96. The number of nitrogens with zero attached hydrogens (tertiary/aromatic N) is 2. The topological polar surface area (TPSA) is 46.1 Å². The third kappa shape index (κ3) is 9.88. The number of para-hydroxylation sites is 1. The summed E-state index contributed by atoms with van der Waals surface area (Å²) in [6.45, 7) is 4.17. The molecule has 0 aromatic heterocycles. The lowest BCUT2D eigenvalue weighted by molar-refractivity contribution is -0.153. The van der Waals surface area contributed by atoms with Gasteiger partial charge in [-0.25, -0.2) is 4.99 Å². The van der Waals surface area contributed by atoms with E-state index in [1.54, 1.807) is 24.3 Å². The van der Waals surface area contributed by atoms with Crippen LogP contribution in [0.2, 0.25) is 0 Å². The molecular weight excluding hydrogens is 498 g/mol. The average molecular weight is 529 g/mol. The van der Waals surface area contributed by atoms with Gasteiger partial charge in [0.05, 0.1) is 6.54 Å². The Kier molecular flexibility index (Phi) is 11.7. The minimum Gasteiger partial charge on any atom is -0.484 e. The number of aliphatic imine (C=N–C) groups is 1. The number of hydrogen-bond donors (Lipinski definition) is 1. The van der Waals surface area contributed by atoms with Crippen LogP contribution < -0.4 is 10.1 Å². The number of nitrogens with one attached hydrogen (secondary N) is 1. The first-order valence-corrected chi connectivity index (χ1v) is 9.73. The van der Waals surface area contributed by atoms with Gasteiger partial charge >= 0.3 is 6.18 Å².